The van der Waals surface area contributed by atoms with Gasteiger partial charge in [-0.2, -0.15) is 0 Å². The number of aromatic nitrogens is 4. The van der Waals surface area contributed by atoms with Crippen molar-refractivity contribution in [3.63, 3.8) is 0 Å². The standard InChI is InChI=1S/C28H32N6O4S.C18H22BrN5O3S/c1-27(2,3)38-26(37)33-14-12-32(13-15-33)22-10-11-29-16-19(22)30-23(35)20-17-39-25(31-20)34-21-9-7-6-8-18(21)28(4,5)24(34)36;1-18(2,3)27-17(26)24-8-6-23(7-9-24)14-4-5-20-10-12(14)21-15(25)13-11-28-16(19)22-13/h6-11,16-17H,12-15H2,1-5H3,(H,30,35);4-5,10-11H,6-9H2,1-3H3,(H,21,25). The summed E-state index contributed by atoms with van der Waals surface area (Å²) in [7, 11) is 0. The summed E-state index contributed by atoms with van der Waals surface area (Å²) in [4.78, 5) is 89.8. The first-order valence-corrected chi connectivity index (χ1v) is 24.2. The predicted molar refractivity (Wildman–Crippen MR) is 263 cm³/mol. The van der Waals surface area contributed by atoms with E-state index in [2.05, 4.69) is 56.3 Å². The molecule has 7 heterocycles. The fraction of sp³-hybridized carbons (Fsp3) is 0.413. The van der Waals surface area contributed by atoms with Gasteiger partial charge in [-0.1, -0.05) is 18.2 Å². The lowest BCUT2D eigenvalue weighted by Gasteiger charge is -2.37. The lowest BCUT2D eigenvalue weighted by Crippen LogP contribution is -2.50. The molecule has 3 aliphatic heterocycles. The third-order valence-electron chi connectivity index (χ3n) is 10.8. The Morgan fingerprint density at radius 3 is 1.58 bits per heavy atom. The largest absolute Gasteiger partial charge is 0.444 e. The average molecular weight is 1020 g/mol. The molecule has 0 unspecified atom stereocenters. The molecule has 0 spiro atoms. The summed E-state index contributed by atoms with van der Waals surface area (Å²) in [5.74, 6) is -0.757. The highest BCUT2D eigenvalue weighted by molar-refractivity contribution is 9.11. The number of thiazole rings is 2. The second-order valence-corrected chi connectivity index (χ2v) is 21.4. The second-order valence-electron chi connectivity index (χ2n) is 18.4. The Morgan fingerprint density at radius 2 is 1.12 bits per heavy atom. The zero-order valence-corrected chi connectivity index (χ0v) is 41.9. The van der Waals surface area contributed by atoms with Crippen LogP contribution in [0, 0.1) is 0 Å². The van der Waals surface area contributed by atoms with Crippen LogP contribution in [0.15, 0.2) is 75.9 Å². The highest BCUT2D eigenvalue weighted by Crippen LogP contribution is 2.46. The quantitative estimate of drug-likeness (QED) is 0.158. The SMILES string of the molecule is CC(C)(C)OC(=O)N1CCN(c2ccncc2NC(=O)c2csc(Br)n2)CC1.CC(C)(C)OC(=O)N1CCN(c2ccncc2NC(=O)c2csc(N3C(=O)C(C)(C)c4ccccc43)n2)CC1. The molecule has 8 rings (SSSR count). The zero-order chi connectivity index (χ0) is 48.3. The van der Waals surface area contributed by atoms with E-state index in [1.165, 1.54) is 22.7 Å². The van der Waals surface area contributed by atoms with Gasteiger partial charge < -0.3 is 39.7 Å². The third kappa shape index (κ3) is 11.7. The van der Waals surface area contributed by atoms with Gasteiger partial charge >= 0.3 is 12.2 Å². The van der Waals surface area contributed by atoms with Gasteiger partial charge in [-0.15, -0.1) is 22.7 Å². The van der Waals surface area contributed by atoms with Gasteiger partial charge in [0.1, 0.15) is 22.6 Å². The number of fused-ring (bicyclic) bond motifs is 1. The van der Waals surface area contributed by atoms with E-state index in [9.17, 15) is 24.0 Å². The third-order valence-corrected chi connectivity index (χ3v) is 13.0. The van der Waals surface area contributed by atoms with Crippen molar-refractivity contribution < 1.29 is 33.4 Å². The number of pyridine rings is 2. The van der Waals surface area contributed by atoms with Gasteiger partial charge in [0.2, 0.25) is 5.91 Å². The molecule has 0 atom stereocenters. The Labute approximate surface area is 405 Å². The molecule has 18 nitrogen and oxygen atoms in total. The van der Waals surface area contributed by atoms with Crippen LogP contribution in [0.5, 0.6) is 0 Å². The Balaban J connectivity index is 0.000000210. The molecule has 0 radical (unpaired) electrons. The molecule has 2 saturated heterocycles. The van der Waals surface area contributed by atoms with Crippen LogP contribution in [-0.2, 0) is 19.7 Å². The number of nitrogens with one attached hydrogen (secondary N) is 2. The first-order chi connectivity index (χ1) is 31.7. The van der Waals surface area contributed by atoms with E-state index >= 15 is 0 Å². The monoisotopic (exact) mass is 1020 g/mol. The first kappa shape index (κ1) is 48.7. The zero-order valence-electron chi connectivity index (χ0n) is 38.7. The Hall–Kier alpha value is -6.19. The van der Waals surface area contributed by atoms with Gasteiger partial charge in [0.15, 0.2) is 9.05 Å². The van der Waals surface area contributed by atoms with E-state index in [0.29, 0.717) is 78.5 Å². The number of ether oxygens (including phenoxy) is 2. The summed E-state index contributed by atoms with van der Waals surface area (Å²) in [5, 5.41) is 9.61. The van der Waals surface area contributed by atoms with Crippen molar-refractivity contribution >= 4 is 102 Å². The van der Waals surface area contributed by atoms with E-state index in [1.807, 2.05) is 91.8 Å². The van der Waals surface area contributed by atoms with Crippen LogP contribution < -0.4 is 25.3 Å². The van der Waals surface area contributed by atoms with Crippen molar-refractivity contribution in [2.24, 2.45) is 0 Å². The number of carbonyl (C=O) groups excluding carboxylic acids is 5. The summed E-state index contributed by atoms with van der Waals surface area (Å²) in [5.41, 5.74) is 3.38. The molecule has 21 heteroatoms. The molecule has 2 N–H and O–H groups in total. The van der Waals surface area contributed by atoms with Gasteiger partial charge in [-0.05, 0) is 95.1 Å². The number of benzene rings is 1. The Kier molecular flexibility index (Phi) is 14.5. The summed E-state index contributed by atoms with van der Waals surface area (Å²) >= 11 is 5.86. The van der Waals surface area contributed by atoms with Crippen LogP contribution in [0.25, 0.3) is 0 Å². The number of nitrogens with zero attached hydrogens (tertiary/aromatic N) is 9. The van der Waals surface area contributed by atoms with Crippen LogP contribution in [0.3, 0.4) is 0 Å². The van der Waals surface area contributed by atoms with Crippen LogP contribution in [0.4, 0.5) is 43.2 Å². The van der Waals surface area contributed by atoms with E-state index < -0.39 is 22.5 Å². The van der Waals surface area contributed by atoms with Crippen molar-refractivity contribution in [1.82, 2.24) is 29.7 Å². The first-order valence-electron chi connectivity index (χ1n) is 21.7. The van der Waals surface area contributed by atoms with E-state index in [-0.39, 0.29) is 29.7 Å². The van der Waals surface area contributed by atoms with Gasteiger partial charge in [-0.25, -0.2) is 19.6 Å². The second kappa shape index (κ2) is 20.0. The van der Waals surface area contributed by atoms with Crippen molar-refractivity contribution in [2.75, 3.05) is 77.7 Å². The molecule has 354 valence electrons. The molecule has 0 bridgehead atoms. The van der Waals surface area contributed by atoms with Crippen molar-refractivity contribution in [3.8, 4) is 0 Å². The van der Waals surface area contributed by atoms with Crippen LogP contribution >= 0.6 is 38.6 Å². The summed E-state index contributed by atoms with van der Waals surface area (Å²) in [6, 6.07) is 11.3. The number of amides is 5. The predicted octanol–water partition coefficient (Wildman–Crippen LogP) is 8.41. The highest BCUT2D eigenvalue weighted by atomic mass is 79.9. The van der Waals surface area contributed by atoms with Crippen LogP contribution in [-0.4, -0.2) is 123 Å². The van der Waals surface area contributed by atoms with Gasteiger partial charge in [0.25, 0.3) is 11.8 Å². The topological polar surface area (TPSA) is 196 Å². The maximum absolute atomic E-state index is 13.3. The maximum Gasteiger partial charge on any atom is 0.410 e. The maximum atomic E-state index is 13.3. The minimum Gasteiger partial charge on any atom is -0.444 e. The summed E-state index contributed by atoms with van der Waals surface area (Å²) in [6.45, 7) is 19.4. The lowest BCUT2D eigenvalue weighted by molar-refractivity contribution is -0.121. The molecule has 1 aromatic carbocycles. The number of rotatable bonds is 7. The summed E-state index contributed by atoms with van der Waals surface area (Å²) < 4.78 is 11.6. The van der Waals surface area contributed by atoms with Gasteiger partial charge in [0, 0.05) is 75.5 Å². The summed E-state index contributed by atoms with van der Waals surface area (Å²) in [6.07, 6.45) is 5.95. The lowest BCUT2D eigenvalue weighted by atomic mass is 9.86. The van der Waals surface area contributed by atoms with Crippen LogP contribution in [0.2, 0.25) is 0 Å². The van der Waals surface area contributed by atoms with Crippen molar-refractivity contribution in [1.29, 1.82) is 0 Å². The molecule has 0 aliphatic carbocycles. The number of hydrogen-bond donors (Lipinski definition) is 2. The van der Waals surface area contributed by atoms with Crippen molar-refractivity contribution in [2.45, 2.75) is 72.0 Å². The number of hydrogen-bond acceptors (Lipinski definition) is 15. The molecule has 4 aromatic heterocycles. The minimum absolute atomic E-state index is 0.0786. The van der Waals surface area contributed by atoms with Crippen molar-refractivity contribution in [3.05, 3.63) is 92.8 Å². The van der Waals surface area contributed by atoms with E-state index in [4.69, 9.17) is 9.47 Å². The molecule has 5 aromatic rings. The number of para-hydroxylation sites is 1. The molecular weight excluding hydrogens is 963 g/mol. The van der Waals surface area contributed by atoms with E-state index in [1.54, 1.807) is 50.2 Å². The molecule has 3 aliphatic rings. The average Bonchev–Trinajstić information content (AvgIpc) is 4.00. The van der Waals surface area contributed by atoms with E-state index in [0.717, 1.165) is 22.6 Å². The Bertz CT molecular complexity index is 2630. The number of piperazine rings is 2. The smallest absolute Gasteiger partial charge is 0.410 e. The molecule has 2 fully saturated rings. The molecule has 67 heavy (non-hydrogen) atoms. The van der Waals surface area contributed by atoms with Gasteiger partial charge in [0.05, 0.1) is 46.2 Å². The fourth-order valence-corrected chi connectivity index (χ4v) is 9.33. The number of anilines is 6. The molecule has 0 saturated carbocycles. The van der Waals surface area contributed by atoms with Gasteiger partial charge in [-0.3, -0.25) is 29.3 Å². The van der Waals surface area contributed by atoms with Crippen LogP contribution in [0.1, 0.15) is 81.9 Å². The molecule has 5 amide bonds. The fourth-order valence-electron chi connectivity index (χ4n) is 7.52. The number of halogens is 1. The number of carbonyl (C=O) groups is 5. The minimum atomic E-state index is -0.678. The Morgan fingerprint density at radius 1 is 0.657 bits per heavy atom. The normalized spacial score (nSPS) is 15.9. The molecular formula is C46H54BrN11O7S2. The highest BCUT2D eigenvalue weighted by Gasteiger charge is 2.45.